The fourth-order valence-corrected chi connectivity index (χ4v) is 2.14. The maximum absolute atomic E-state index is 12.1. The molecule has 1 aromatic heterocycles. The average Bonchev–Trinajstić information content (AvgIpc) is 3.23. The van der Waals surface area contributed by atoms with E-state index in [9.17, 15) is 9.59 Å². The van der Waals surface area contributed by atoms with Gasteiger partial charge in [-0.05, 0) is 31.0 Å². The summed E-state index contributed by atoms with van der Waals surface area (Å²) in [5.41, 5.74) is 7.37. The Balaban J connectivity index is 1.56. The molecule has 0 radical (unpaired) electrons. The van der Waals surface area contributed by atoms with E-state index in [4.69, 9.17) is 5.73 Å². The smallest absolute Gasteiger partial charge is 0.272 e. The van der Waals surface area contributed by atoms with Crippen molar-refractivity contribution in [2.45, 2.75) is 12.8 Å². The molecule has 1 aromatic carbocycles. The lowest BCUT2D eigenvalue weighted by Gasteiger charge is -2.05. The number of anilines is 1. The first kappa shape index (κ1) is 13.4. The van der Waals surface area contributed by atoms with Crippen molar-refractivity contribution in [2.24, 2.45) is 5.92 Å². The van der Waals surface area contributed by atoms with Gasteiger partial charge >= 0.3 is 0 Å². The number of nitrogen functional groups attached to an aromatic ring is 1. The van der Waals surface area contributed by atoms with E-state index in [2.05, 4.69) is 20.8 Å². The number of nitrogens with one attached hydrogen (secondary N) is 3. The van der Waals surface area contributed by atoms with E-state index in [1.807, 2.05) is 0 Å². The number of carbonyl (C=O) groups is 2. The van der Waals surface area contributed by atoms with Crippen LogP contribution in [0.5, 0.6) is 0 Å². The summed E-state index contributed by atoms with van der Waals surface area (Å²) in [7, 11) is 0. The monoisotopic (exact) mass is 287 g/mol. The molecule has 1 saturated carbocycles. The molecule has 0 spiro atoms. The Labute approximate surface area is 121 Å². The average molecular weight is 287 g/mol. The summed E-state index contributed by atoms with van der Waals surface area (Å²) in [5, 5.41) is 13.0. The Morgan fingerprint density at radius 1 is 1.29 bits per heavy atom. The summed E-state index contributed by atoms with van der Waals surface area (Å²) in [4.78, 5) is 23.5. The zero-order valence-electron chi connectivity index (χ0n) is 11.5. The summed E-state index contributed by atoms with van der Waals surface area (Å²) < 4.78 is 0. The second-order valence-electron chi connectivity index (χ2n) is 5.20. The first-order valence-electron chi connectivity index (χ1n) is 6.94. The molecule has 0 saturated heterocycles. The van der Waals surface area contributed by atoms with Crippen LogP contribution in [0.4, 0.5) is 5.69 Å². The number of H-pyrrole nitrogens is 1. The molecule has 1 aliphatic rings. The third-order valence-corrected chi connectivity index (χ3v) is 3.46. The minimum absolute atomic E-state index is 0.0715. The summed E-state index contributed by atoms with van der Waals surface area (Å²) >= 11 is 0. The summed E-state index contributed by atoms with van der Waals surface area (Å²) in [6.45, 7) is 0.791. The van der Waals surface area contributed by atoms with E-state index in [-0.39, 0.29) is 17.7 Å². The number of benzene rings is 1. The van der Waals surface area contributed by atoms with Crippen molar-refractivity contribution >= 4 is 28.4 Å². The maximum atomic E-state index is 12.1. The van der Waals surface area contributed by atoms with E-state index in [1.54, 1.807) is 18.2 Å². The third kappa shape index (κ3) is 2.96. The number of aromatic nitrogens is 2. The van der Waals surface area contributed by atoms with Crippen molar-refractivity contribution in [1.82, 2.24) is 20.8 Å². The molecule has 1 aliphatic carbocycles. The number of aromatic amines is 1. The normalized spacial score (nSPS) is 14.1. The standard InChI is InChI=1S/C14H17N5O2/c15-9-3-4-11-10(7-9)12(19-18-11)14(21)17-6-5-16-13(20)8-1-2-8/h3-4,7-8H,1-2,5-6,15H2,(H,16,20)(H,17,21)(H,18,19). The van der Waals surface area contributed by atoms with Crippen molar-refractivity contribution in [1.29, 1.82) is 0 Å². The molecule has 1 fully saturated rings. The fraction of sp³-hybridized carbons (Fsp3) is 0.357. The van der Waals surface area contributed by atoms with Crippen molar-refractivity contribution in [2.75, 3.05) is 18.8 Å². The zero-order chi connectivity index (χ0) is 14.8. The van der Waals surface area contributed by atoms with Crippen LogP contribution in [0.1, 0.15) is 23.3 Å². The van der Waals surface area contributed by atoms with Gasteiger partial charge < -0.3 is 16.4 Å². The molecular formula is C14H17N5O2. The highest BCUT2D eigenvalue weighted by molar-refractivity contribution is 6.05. The molecule has 0 atom stereocenters. The number of hydrogen-bond donors (Lipinski definition) is 4. The van der Waals surface area contributed by atoms with E-state index in [1.165, 1.54) is 0 Å². The van der Waals surface area contributed by atoms with E-state index < -0.39 is 0 Å². The molecule has 2 aromatic rings. The van der Waals surface area contributed by atoms with Gasteiger partial charge in [0.05, 0.1) is 5.52 Å². The van der Waals surface area contributed by atoms with Crippen molar-refractivity contribution in [3.8, 4) is 0 Å². The Morgan fingerprint density at radius 3 is 2.81 bits per heavy atom. The van der Waals surface area contributed by atoms with Crippen LogP contribution in [-0.2, 0) is 4.79 Å². The van der Waals surface area contributed by atoms with Gasteiger partial charge in [-0.15, -0.1) is 0 Å². The predicted molar refractivity (Wildman–Crippen MR) is 78.6 cm³/mol. The number of amides is 2. The van der Waals surface area contributed by atoms with E-state index in [0.717, 1.165) is 18.4 Å². The lowest BCUT2D eigenvalue weighted by molar-refractivity contribution is -0.122. The van der Waals surface area contributed by atoms with Crippen LogP contribution < -0.4 is 16.4 Å². The maximum Gasteiger partial charge on any atom is 0.272 e. The molecule has 7 heteroatoms. The van der Waals surface area contributed by atoms with Gasteiger partial charge in [0.1, 0.15) is 0 Å². The summed E-state index contributed by atoms with van der Waals surface area (Å²) in [6.07, 6.45) is 1.94. The summed E-state index contributed by atoms with van der Waals surface area (Å²) in [6, 6.07) is 5.24. The van der Waals surface area contributed by atoms with Crippen LogP contribution in [0.2, 0.25) is 0 Å². The largest absolute Gasteiger partial charge is 0.399 e. The third-order valence-electron chi connectivity index (χ3n) is 3.46. The van der Waals surface area contributed by atoms with Crippen LogP contribution in [0, 0.1) is 5.92 Å². The molecular weight excluding hydrogens is 270 g/mol. The molecule has 0 bridgehead atoms. The highest BCUT2D eigenvalue weighted by atomic mass is 16.2. The molecule has 5 N–H and O–H groups in total. The van der Waals surface area contributed by atoms with Crippen LogP contribution in [0.15, 0.2) is 18.2 Å². The Bertz CT molecular complexity index is 690. The van der Waals surface area contributed by atoms with Crippen molar-refractivity contribution in [3.05, 3.63) is 23.9 Å². The minimum Gasteiger partial charge on any atom is -0.399 e. The van der Waals surface area contributed by atoms with Crippen molar-refractivity contribution < 1.29 is 9.59 Å². The van der Waals surface area contributed by atoms with Gasteiger partial charge in [-0.25, -0.2) is 0 Å². The van der Waals surface area contributed by atoms with Gasteiger partial charge in [0.15, 0.2) is 5.69 Å². The Kier molecular flexibility index (Phi) is 3.47. The van der Waals surface area contributed by atoms with E-state index >= 15 is 0 Å². The first-order valence-corrected chi connectivity index (χ1v) is 6.94. The molecule has 110 valence electrons. The first-order chi connectivity index (χ1) is 10.1. The van der Waals surface area contributed by atoms with Gasteiger partial charge in [-0.2, -0.15) is 5.10 Å². The number of carbonyl (C=O) groups excluding carboxylic acids is 2. The van der Waals surface area contributed by atoms with Gasteiger partial charge in [0.2, 0.25) is 5.91 Å². The number of nitrogens with two attached hydrogens (primary N) is 1. The number of nitrogens with zero attached hydrogens (tertiary/aromatic N) is 1. The molecule has 21 heavy (non-hydrogen) atoms. The van der Waals surface area contributed by atoms with Crippen molar-refractivity contribution in [3.63, 3.8) is 0 Å². The van der Waals surface area contributed by atoms with Gasteiger partial charge in [0.25, 0.3) is 5.91 Å². The van der Waals surface area contributed by atoms with Gasteiger partial charge in [0, 0.05) is 30.1 Å². The lowest BCUT2D eigenvalue weighted by atomic mass is 10.2. The summed E-state index contributed by atoms with van der Waals surface area (Å²) in [5.74, 6) is -0.0336. The number of fused-ring (bicyclic) bond motifs is 1. The van der Waals surface area contributed by atoms with Crippen LogP contribution in [-0.4, -0.2) is 35.1 Å². The van der Waals surface area contributed by atoms with Crippen LogP contribution in [0.25, 0.3) is 10.9 Å². The quantitative estimate of drug-likeness (QED) is 0.471. The highest BCUT2D eigenvalue weighted by Gasteiger charge is 2.29. The van der Waals surface area contributed by atoms with E-state index in [0.29, 0.717) is 29.9 Å². The zero-order valence-corrected chi connectivity index (χ0v) is 11.5. The second kappa shape index (κ2) is 5.43. The molecule has 7 nitrogen and oxygen atoms in total. The van der Waals surface area contributed by atoms with Crippen LogP contribution in [0.3, 0.4) is 0 Å². The Morgan fingerprint density at radius 2 is 2.05 bits per heavy atom. The fourth-order valence-electron chi connectivity index (χ4n) is 2.14. The number of rotatable bonds is 5. The second-order valence-corrected chi connectivity index (χ2v) is 5.20. The molecule has 3 rings (SSSR count). The SMILES string of the molecule is Nc1ccc2[nH]nc(C(=O)NCCNC(=O)C3CC3)c2c1. The molecule has 2 amide bonds. The Hall–Kier alpha value is -2.57. The van der Waals surface area contributed by atoms with Gasteiger partial charge in [-0.3, -0.25) is 14.7 Å². The molecule has 1 heterocycles. The molecule has 0 unspecified atom stereocenters. The number of hydrogen-bond acceptors (Lipinski definition) is 4. The highest BCUT2D eigenvalue weighted by Crippen LogP contribution is 2.28. The van der Waals surface area contributed by atoms with Gasteiger partial charge in [-0.1, -0.05) is 0 Å². The minimum atomic E-state index is -0.285. The topological polar surface area (TPSA) is 113 Å². The molecule has 0 aliphatic heterocycles. The lowest BCUT2D eigenvalue weighted by Crippen LogP contribution is -2.35. The van der Waals surface area contributed by atoms with Crippen LogP contribution >= 0.6 is 0 Å². The predicted octanol–water partition coefficient (Wildman–Crippen LogP) is 0.401.